The molecule has 0 saturated heterocycles. The highest BCUT2D eigenvalue weighted by Gasteiger charge is 2.01. The average Bonchev–Trinajstić information content (AvgIpc) is 2.25. The van der Waals surface area contributed by atoms with Crippen LogP contribution in [0.5, 0.6) is 0 Å². The molecule has 17 heavy (non-hydrogen) atoms. The molecule has 4 heteroatoms. The Bertz CT molecular complexity index is 508. The third-order valence-electron chi connectivity index (χ3n) is 2.25. The van der Waals surface area contributed by atoms with E-state index in [0.717, 1.165) is 21.2 Å². The van der Waals surface area contributed by atoms with Crippen molar-refractivity contribution in [3.8, 4) is 0 Å². The molecule has 0 saturated carbocycles. The summed E-state index contributed by atoms with van der Waals surface area (Å²) in [5.41, 5.74) is 2.62. The summed E-state index contributed by atoms with van der Waals surface area (Å²) in [5.74, 6) is 1.73. The highest BCUT2D eigenvalue weighted by molar-refractivity contribution is 9.10. The molecule has 0 aliphatic carbocycles. The molecule has 0 spiro atoms. The Hall–Kier alpha value is -0.870. The largest absolute Gasteiger partial charge is 0.227 e. The summed E-state index contributed by atoms with van der Waals surface area (Å²) in [5, 5.41) is 1.01. The van der Waals surface area contributed by atoms with E-state index in [-0.39, 0.29) is 0 Å². The second-order valence-corrected chi connectivity index (χ2v) is 5.66. The third-order valence-corrected chi connectivity index (χ3v) is 3.64. The van der Waals surface area contributed by atoms with E-state index in [2.05, 4.69) is 57.1 Å². The van der Waals surface area contributed by atoms with E-state index in [0.29, 0.717) is 0 Å². The summed E-state index contributed by atoms with van der Waals surface area (Å²) in [6, 6.07) is 10.5. The van der Waals surface area contributed by atoms with Gasteiger partial charge < -0.3 is 0 Å². The fourth-order valence-corrected chi connectivity index (χ4v) is 3.05. The van der Waals surface area contributed by atoms with Crippen molar-refractivity contribution in [1.29, 1.82) is 0 Å². The van der Waals surface area contributed by atoms with Crippen LogP contribution in [-0.4, -0.2) is 9.97 Å². The molecule has 2 rings (SSSR count). The lowest BCUT2D eigenvalue weighted by molar-refractivity contribution is 0.951. The normalized spacial score (nSPS) is 10.5. The number of rotatable bonds is 3. The van der Waals surface area contributed by atoms with Crippen LogP contribution >= 0.6 is 27.7 Å². The van der Waals surface area contributed by atoms with Gasteiger partial charge in [-0.05, 0) is 35.3 Å². The molecule has 0 radical (unpaired) electrons. The van der Waals surface area contributed by atoms with E-state index in [1.54, 1.807) is 11.8 Å². The number of benzene rings is 1. The minimum Gasteiger partial charge on any atom is -0.227 e. The van der Waals surface area contributed by atoms with E-state index >= 15 is 0 Å². The van der Waals surface area contributed by atoms with Crippen molar-refractivity contribution in [2.45, 2.75) is 24.6 Å². The van der Waals surface area contributed by atoms with E-state index in [9.17, 15) is 0 Å². The van der Waals surface area contributed by atoms with Crippen LogP contribution in [0.1, 0.15) is 17.0 Å². The third kappa shape index (κ3) is 3.82. The standard InChI is InChI=1S/C13H13BrN2S/c1-9-4-3-5-11(6-9)8-17-13-7-12(14)15-10(2)16-13/h3-7H,8H2,1-2H3. The van der Waals surface area contributed by atoms with Gasteiger partial charge in [-0.3, -0.25) is 0 Å². The van der Waals surface area contributed by atoms with Crippen molar-refractivity contribution in [2.24, 2.45) is 0 Å². The maximum absolute atomic E-state index is 4.39. The second-order valence-electron chi connectivity index (χ2n) is 3.85. The first-order valence-electron chi connectivity index (χ1n) is 5.33. The van der Waals surface area contributed by atoms with E-state index in [1.165, 1.54) is 11.1 Å². The Morgan fingerprint density at radius 3 is 2.71 bits per heavy atom. The number of thioether (sulfide) groups is 1. The van der Waals surface area contributed by atoms with Gasteiger partial charge in [0.1, 0.15) is 15.5 Å². The summed E-state index contributed by atoms with van der Waals surface area (Å²) in [4.78, 5) is 8.59. The fourth-order valence-electron chi connectivity index (χ4n) is 1.54. The van der Waals surface area contributed by atoms with Crippen molar-refractivity contribution in [3.63, 3.8) is 0 Å². The van der Waals surface area contributed by atoms with Crippen LogP contribution in [0.15, 0.2) is 40.0 Å². The second kappa shape index (κ2) is 5.65. The Morgan fingerprint density at radius 2 is 2.00 bits per heavy atom. The van der Waals surface area contributed by atoms with E-state index in [4.69, 9.17) is 0 Å². The summed E-state index contributed by atoms with van der Waals surface area (Å²) >= 11 is 5.12. The van der Waals surface area contributed by atoms with Crippen LogP contribution in [0.4, 0.5) is 0 Å². The van der Waals surface area contributed by atoms with E-state index in [1.807, 2.05) is 13.0 Å². The molecule has 0 unspecified atom stereocenters. The molecular weight excluding hydrogens is 296 g/mol. The number of aromatic nitrogens is 2. The van der Waals surface area contributed by atoms with Crippen molar-refractivity contribution in [2.75, 3.05) is 0 Å². The zero-order chi connectivity index (χ0) is 12.3. The molecule has 0 aliphatic rings. The number of halogens is 1. The molecule has 88 valence electrons. The molecule has 1 aromatic heterocycles. The van der Waals surface area contributed by atoms with Gasteiger partial charge >= 0.3 is 0 Å². The van der Waals surface area contributed by atoms with Gasteiger partial charge in [0.25, 0.3) is 0 Å². The Kier molecular flexibility index (Phi) is 4.18. The molecule has 0 N–H and O–H groups in total. The van der Waals surface area contributed by atoms with E-state index < -0.39 is 0 Å². The molecular formula is C13H13BrN2S. The summed E-state index contributed by atoms with van der Waals surface area (Å²) in [7, 11) is 0. The van der Waals surface area contributed by atoms with Crippen molar-refractivity contribution in [3.05, 3.63) is 51.9 Å². The first-order valence-corrected chi connectivity index (χ1v) is 7.11. The lowest BCUT2D eigenvalue weighted by Crippen LogP contribution is -1.91. The number of nitrogens with zero attached hydrogens (tertiary/aromatic N) is 2. The molecule has 0 atom stereocenters. The van der Waals surface area contributed by atoms with Gasteiger partial charge in [-0.15, -0.1) is 11.8 Å². The minimum absolute atomic E-state index is 0.797. The van der Waals surface area contributed by atoms with Gasteiger partial charge in [-0.2, -0.15) is 0 Å². The molecule has 1 heterocycles. The van der Waals surface area contributed by atoms with Gasteiger partial charge in [0.15, 0.2) is 0 Å². The fraction of sp³-hybridized carbons (Fsp3) is 0.231. The van der Waals surface area contributed by atoms with Crippen LogP contribution in [-0.2, 0) is 5.75 Å². The first-order chi connectivity index (χ1) is 8.13. The summed E-state index contributed by atoms with van der Waals surface area (Å²) in [6.45, 7) is 4.01. The van der Waals surface area contributed by atoms with Crippen LogP contribution in [0, 0.1) is 13.8 Å². The summed E-state index contributed by atoms with van der Waals surface area (Å²) < 4.78 is 0.844. The number of hydrogen-bond acceptors (Lipinski definition) is 3. The monoisotopic (exact) mass is 308 g/mol. The van der Waals surface area contributed by atoms with Crippen molar-refractivity contribution < 1.29 is 0 Å². The van der Waals surface area contributed by atoms with Crippen molar-refractivity contribution in [1.82, 2.24) is 9.97 Å². The molecule has 0 aliphatic heterocycles. The number of aryl methyl sites for hydroxylation is 2. The van der Waals surface area contributed by atoms with Gasteiger partial charge in [0.05, 0.1) is 0 Å². The van der Waals surface area contributed by atoms with Crippen LogP contribution < -0.4 is 0 Å². The van der Waals surface area contributed by atoms with Crippen LogP contribution in [0.2, 0.25) is 0 Å². The molecule has 2 aromatic rings. The smallest absolute Gasteiger partial charge is 0.127 e. The van der Waals surface area contributed by atoms with Gasteiger partial charge in [0, 0.05) is 11.8 Å². The minimum atomic E-state index is 0.797. The molecule has 0 fully saturated rings. The topological polar surface area (TPSA) is 25.8 Å². The Balaban J connectivity index is 2.07. The maximum Gasteiger partial charge on any atom is 0.127 e. The van der Waals surface area contributed by atoms with Crippen molar-refractivity contribution >= 4 is 27.7 Å². The highest BCUT2D eigenvalue weighted by atomic mass is 79.9. The lowest BCUT2D eigenvalue weighted by Gasteiger charge is -2.03. The molecule has 0 amide bonds. The maximum atomic E-state index is 4.39. The highest BCUT2D eigenvalue weighted by Crippen LogP contribution is 2.23. The van der Waals surface area contributed by atoms with Gasteiger partial charge in [-0.25, -0.2) is 9.97 Å². The Labute approximate surface area is 114 Å². The lowest BCUT2D eigenvalue weighted by atomic mass is 10.2. The summed E-state index contributed by atoms with van der Waals surface area (Å²) in [6.07, 6.45) is 0. The van der Waals surface area contributed by atoms with Gasteiger partial charge in [-0.1, -0.05) is 29.8 Å². The predicted octanol–water partition coefficient (Wildman–Crippen LogP) is 4.15. The first kappa shape index (κ1) is 12.6. The number of hydrogen-bond donors (Lipinski definition) is 0. The predicted molar refractivity (Wildman–Crippen MR) is 75.2 cm³/mol. The molecule has 2 nitrogen and oxygen atoms in total. The zero-order valence-corrected chi connectivity index (χ0v) is 12.2. The van der Waals surface area contributed by atoms with Crippen LogP contribution in [0.3, 0.4) is 0 Å². The molecule has 1 aromatic carbocycles. The SMILES string of the molecule is Cc1cccc(CSc2cc(Br)nc(C)n2)c1. The quantitative estimate of drug-likeness (QED) is 0.629. The molecule has 0 bridgehead atoms. The zero-order valence-electron chi connectivity index (χ0n) is 9.77. The Morgan fingerprint density at radius 1 is 1.18 bits per heavy atom. The van der Waals surface area contributed by atoms with Crippen LogP contribution in [0.25, 0.3) is 0 Å². The van der Waals surface area contributed by atoms with Gasteiger partial charge in [0.2, 0.25) is 0 Å². The average molecular weight is 309 g/mol.